The lowest BCUT2D eigenvalue weighted by molar-refractivity contribution is 1.21. The van der Waals surface area contributed by atoms with Crippen LogP contribution in [0.2, 0.25) is 0 Å². The zero-order chi connectivity index (χ0) is 36.6. The van der Waals surface area contributed by atoms with Crippen LogP contribution >= 0.6 is 0 Å². The molecule has 1 aliphatic carbocycles. The molecule has 7 aromatic carbocycles. The van der Waals surface area contributed by atoms with Crippen LogP contribution in [0.5, 0.6) is 0 Å². The second-order valence-corrected chi connectivity index (χ2v) is 13.7. The van der Waals surface area contributed by atoms with Gasteiger partial charge in [-0.1, -0.05) is 146 Å². The first kappa shape index (κ1) is 32.4. The number of benzene rings is 7. The fourth-order valence-corrected chi connectivity index (χ4v) is 7.83. The van der Waals surface area contributed by atoms with E-state index in [4.69, 9.17) is 9.97 Å². The molecule has 0 bridgehead atoms. The predicted molar refractivity (Wildman–Crippen MR) is 231 cm³/mol. The van der Waals surface area contributed by atoms with E-state index in [0.29, 0.717) is 0 Å². The second-order valence-electron chi connectivity index (χ2n) is 13.7. The van der Waals surface area contributed by atoms with Crippen LogP contribution in [0.1, 0.15) is 6.42 Å². The molecule has 2 heterocycles. The van der Waals surface area contributed by atoms with Gasteiger partial charge in [0.05, 0.1) is 33.5 Å². The highest BCUT2D eigenvalue weighted by atomic mass is 15.1. The summed E-state index contributed by atoms with van der Waals surface area (Å²) in [5.41, 5.74) is 14.5. The molecule has 0 aliphatic heterocycles. The molecular weight excluding hydrogens is 669 g/mol. The Hall–Kier alpha value is -7.30. The lowest BCUT2D eigenvalue weighted by Gasteiger charge is -2.26. The summed E-state index contributed by atoms with van der Waals surface area (Å²) in [6.07, 6.45) is 11.8. The van der Waals surface area contributed by atoms with Gasteiger partial charge < -0.3 is 9.47 Å². The van der Waals surface area contributed by atoms with E-state index in [1.807, 2.05) is 12.1 Å². The molecule has 0 unspecified atom stereocenters. The van der Waals surface area contributed by atoms with Crippen LogP contribution in [0, 0.1) is 0 Å². The van der Waals surface area contributed by atoms with E-state index in [-0.39, 0.29) is 0 Å². The number of hydrogen-bond acceptors (Lipinski definition) is 3. The monoisotopic (exact) mass is 704 g/mol. The average molecular weight is 705 g/mol. The maximum absolute atomic E-state index is 5.41. The summed E-state index contributed by atoms with van der Waals surface area (Å²) in [6.45, 7) is 0. The first-order chi connectivity index (χ1) is 27.3. The number of fused-ring (bicyclic) bond motifs is 4. The Morgan fingerprint density at radius 3 is 1.91 bits per heavy atom. The third-order valence-electron chi connectivity index (χ3n) is 10.4. The fraction of sp³-hybridized carbons (Fsp3) is 0.0196. The van der Waals surface area contributed by atoms with Crippen molar-refractivity contribution in [1.29, 1.82) is 0 Å². The Bertz CT molecular complexity index is 2920. The Kier molecular flexibility index (Phi) is 8.19. The fourth-order valence-electron chi connectivity index (χ4n) is 7.83. The molecule has 4 heteroatoms. The van der Waals surface area contributed by atoms with E-state index in [2.05, 4.69) is 204 Å². The lowest BCUT2D eigenvalue weighted by Crippen LogP contribution is -2.09. The second kappa shape index (κ2) is 13.9. The Balaban J connectivity index is 1.12. The lowest BCUT2D eigenvalue weighted by atomic mass is 10.0. The summed E-state index contributed by atoms with van der Waals surface area (Å²) in [5.74, 6) is 0. The van der Waals surface area contributed by atoms with E-state index in [9.17, 15) is 0 Å². The van der Waals surface area contributed by atoms with Crippen molar-refractivity contribution in [3.8, 4) is 33.6 Å². The Morgan fingerprint density at radius 2 is 1.11 bits per heavy atom. The molecule has 2 aromatic heterocycles. The van der Waals surface area contributed by atoms with Gasteiger partial charge >= 0.3 is 0 Å². The molecule has 0 N–H and O–H groups in total. The van der Waals surface area contributed by atoms with E-state index >= 15 is 0 Å². The minimum absolute atomic E-state index is 0.853. The highest BCUT2D eigenvalue weighted by Crippen LogP contribution is 2.41. The third-order valence-corrected chi connectivity index (χ3v) is 10.4. The molecule has 0 spiro atoms. The molecule has 0 saturated carbocycles. The number of anilines is 3. The molecule has 4 nitrogen and oxygen atoms in total. The van der Waals surface area contributed by atoms with Crippen molar-refractivity contribution in [2.24, 2.45) is 0 Å². The summed E-state index contributed by atoms with van der Waals surface area (Å²) < 4.78 is 2.39. The molecule has 1 aliphatic rings. The smallest absolute Gasteiger partial charge is 0.0973 e. The molecule has 0 amide bonds. The van der Waals surface area contributed by atoms with Gasteiger partial charge in [0.25, 0.3) is 0 Å². The molecule has 0 atom stereocenters. The number of allylic oxidation sites excluding steroid dienone is 6. The quantitative estimate of drug-likeness (QED) is 0.166. The largest absolute Gasteiger partial charge is 0.310 e. The molecule has 9 aromatic rings. The minimum atomic E-state index is 0.853. The number of hydrogen-bond donors (Lipinski definition) is 0. The van der Waals surface area contributed by atoms with Crippen LogP contribution in [-0.4, -0.2) is 14.5 Å². The van der Waals surface area contributed by atoms with Gasteiger partial charge in [-0.25, -0.2) is 9.97 Å². The summed E-state index contributed by atoms with van der Waals surface area (Å²) in [4.78, 5) is 13.0. The first-order valence-corrected chi connectivity index (χ1v) is 18.7. The standard InChI is InChI=1S/C51H36N4/c1-2-11-24-40(23-10-1)55-47-28-15-14-25-44(47)45-35-42(33-34-48(45)55)54(39-21-12-5-13-22-39)41-31-29-38(30-32-41)50-49(37-19-8-4-9-20-37)52-46-27-16-26-43(51(46)53-50)36-17-6-3-7-18-36/h1-10,12-35H,11H2. The number of aromatic nitrogens is 3. The highest BCUT2D eigenvalue weighted by molar-refractivity contribution is 6.12. The SMILES string of the molecule is C1=CCC=C(n2c3ccccc3c3cc(N(c4ccccc4)c4ccc(-c5nc6c(-c7ccccc7)cccc6nc5-c5ccccc5)cc4)ccc32)C=C1. The Labute approximate surface area is 320 Å². The molecular formula is C51H36N4. The summed E-state index contributed by atoms with van der Waals surface area (Å²) in [7, 11) is 0. The molecule has 55 heavy (non-hydrogen) atoms. The molecule has 0 fully saturated rings. The summed E-state index contributed by atoms with van der Waals surface area (Å²) in [6, 6.07) is 62.0. The normalized spacial score (nSPS) is 12.6. The topological polar surface area (TPSA) is 34.0 Å². The molecule has 10 rings (SSSR count). The van der Waals surface area contributed by atoms with E-state index in [0.717, 1.165) is 68.2 Å². The Morgan fingerprint density at radius 1 is 0.473 bits per heavy atom. The van der Waals surface area contributed by atoms with E-state index in [1.54, 1.807) is 0 Å². The highest BCUT2D eigenvalue weighted by Gasteiger charge is 2.20. The number of rotatable bonds is 7. The van der Waals surface area contributed by atoms with E-state index < -0.39 is 0 Å². The van der Waals surface area contributed by atoms with Crippen LogP contribution in [0.15, 0.2) is 206 Å². The maximum atomic E-state index is 5.41. The van der Waals surface area contributed by atoms with Crippen LogP contribution in [-0.2, 0) is 0 Å². The summed E-state index contributed by atoms with van der Waals surface area (Å²) >= 11 is 0. The maximum Gasteiger partial charge on any atom is 0.0973 e. The zero-order valence-electron chi connectivity index (χ0n) is 30.1. The van der Waals surface area contributed by atoms with Crippen LogP contribution < -0.4 is 4.90 Å². The van der Waals surface area contributed by atoms with Crippen molar-refractivity contribution in [2.45, 2.75) is 6.42 Å². The zero-order valence-corrected chi connectivity index (χ0v) is 30.1. The van der Waals surface area contributed by atoms with Crippen molar-refractivity contribution < 1.29 is 0 Å². The summed E-state index contributed by atoms with van der Waals surface area (Å²) in [5, 5.41) is 2.44. The first-order valence-electron chi connectivity index (χ1n) is 18.7. The average Bonchev–Trinajstić information content (AvgIpc) is 3.36. The van der Waals surface area contributed by atoms with Crippen molar-refractivity contribution in [3.63, 3.8) is 0 Å². The van der Waals surface area contributed by atoms with Crippen LogP contribution in [0.25, 0.3) is 72.2 Å². The van der Waals surface area contributed by atoms with Gasteiger partial charge in [0, 0.05) is 50.2 Å². The molecule has 0 saturated heterocycles. The minimum Gasteiger partial charge on any atom is -0.310 e. The van der Waals surface area contributed by atoms with Gasteiger partial charge in [-0.15, -0.1) is 0 Å². The van der Waals surface area contributed by atoms with Gasteiger partial charge in [0.1, 0.15) is 0 Å². The van der Waals surface area contributed by atoms with Crippen LogP contribution in [0.3, 0.4) is 0 Å². The number of nitrogens with zero attached hydrogens (tertiary/aromatic N) is 4. The number of para-hydroxylation sites is 3. The van der Waals surface area contributed by atoms with Gasteiger partial charge in [-0.3, -0.25) is 0 Å². The van der Waals surface area contributed by atoms with Gasteiger partial charge in [-0.2, -0.15) is 0 Å². The van der Waals surface area contributed by atoms with Crippen molar-refractivity contribution in [2.75, 3.05) is 4.90 Å². The molecule has 260 valence electrons. The van der Waals surface area contributed by atoms with E-state index in [1.165, 1.54) is 27.5 Å². The predicted octanol–water partition coefficient (Wildman–Crippen LogP) is 13.6. The van der Waals surface area contributed by atoms with Gasteiger partial charge in [0.2, 0.25) is 0 Å². The van der Waals surface area contributed by atoms with Crippen molar-refractivity contribution >= 4 is 55.6 Å². The van der Waals surface area contributed by atoms with Crippen LogP contribution in [0.4, 0.5) is 17.1 Å². The third kappa shape index (κ3) is 5.91. The van der Waals surface area contributed by atoms with Crippen molar-refractivity contribution in [1.82, 2.24) is 14.5 Å². The van der Waals surface area contributed by atoms with Crippen molar-refractivity contribution in [3.05, 3.63) is 206 Å². The van der Waals surface area contributed by atoms with Gasteiger partial charge in [0.15, 0.2) is 0 Å². The molecule has 0 radical (unpaired) electrons. The van der Waals surface area contributed by atoms with Gasteiger partial charge in [-0.05, 0) is 72.7 Å².